The smallest absolute Gasteiger partial charge is 0.390 e. The summed E-state index contributed by atoms with van der Waals surface area (Å²) >= 11 is 0. The third kappa shape index (κ3) is 3.39. The van der Waals surface area contributed by atoms with Gasteiger partial charge in [0.25, 0.3) is 0 Å². The van der Waals surface area contributed by atoms with Gasteiger partial charge in [-0.05, 0) is 12.1 Å². The zero-order valence-electron chi connectivity index (χ0n) is 7.29. The minimum Gasteiger partial charge on any atom is -0.390 e. The molecule has 1 aromatic heterocycles. The van der Waals surface area contributed by atoms with Gasteiger partial charge in [0.1, 0.15) is 13.3 Å². The summed E-state index contributed by atoms with van der Waals surface area (Å²) in [6.45, 7) is -1.71. The van der Waals surface area contributed by atoms with Crippen molar-refractivity contribution in [1.82, 2.24) is 4.57 Å². The first kappa shape index (κ1) is 11.1. The fourth-order valence-electron chi connectivity index (χ4n) is 0.979. The minimum atomic E-state index is -4.31. The Labute approximate surface area is 78.7 Å². The molecule has 0 aliphatic heterocycles. The maximum Gasteiger partial charge on any atom is 0.411 e. The quantitative estimate of drug-likeness (QED) is 0.815. The molecule has 1 heterocycles. The predicted molar refractivity (Wildman–Crippen MR) is 42.4 cm³/mol. The van der Waals surface area contributed by atoms with E-state index in [1.807, 2.05) is 0 Å². The van der Waals surface area contributed by atoms with Crippen LogP contribution in [0.3, 0.4) is 0 Å². The second-order valence-electron chi connectivity index (χ2n) is 2.72. The molecule has 80 valence electrons. The lowest BCUT2D eigenvalue weighted by atomic mass is 10.5. The van der Waals surface area contributed by atoms with E-state index >= 15 is 0 Å². The highest BCUT2D eigenvalue weighted by molar-refractivity contribution is 5.05. The summed E-state index contributed by atoms with van der Waals surface area (Å²) in [5.41, 5.74) is 0.521. The zero-order valence-corrected chi connectivity index (χ0v) is 7.29. The Balaban J connectivity index is 2.38. The van der Waals surface area contributed by atoms with Gasteiger partial charge in [-0.1, -0.05) is 0 Å². The summed E-state index contributed by atoms with van der Waals surface area (Å²) in [7, 11) is 0. The molecule has 0 spiro atoms. The molecule has 0 fully saturated rings. The molecule has 6 heteroatoms. The number of rotatable bonds is 4. The third-order valence-electron chi connectivity index (χ3n) is 1.58. The first-order valence-electron chi connectivity index (χ1n) is 3.92. The predicted octanol–water partition coefficient (Wildman–Crippen LogP) is 1.52. The lowest BCUT2D eigenvalue weighted by Gasteiger charge is -2.10. The molecule has 0 amide bonds. The van der Waals surface area contributed by atoms with Gasteiger partial charge in [-0.3, -0.25) is 0 Å². The van der Waals surface area contributed by atoms with Crippen LogP contribution in [0.2, 0.25) is 0 Å². The van der Waals surface area contributed by atoms with Gasteiger partial charge < -0.3 is 14.4 Å². The lowest BCUT2D eigenvalue weighted by molar-refractivity contribution is -0.182. The fraction of sp³-hybridized carbons (Fsp3) is 0.500. The van der Waals surface area contributed by atoms with Crippen LogP contribution in [0.4, 0.5) is 13.2 Å². The number of aromatic nitrogens is 1. The monoisotopic (exact) mass is 209 g/mol. The van der Waals surface area contributed by atoms with Crippen molar-refractivity contribution in [3.63, 3.8) is 0 Å². The number of alkyl halides is 3. The van der Waals surface area contributed by atoms with Crippen molar-refractivity contribution in [1.29, 1.82) is 0 Å². The lowest BCUT2D eigenvalue weighted by Crippen LogP contribution is -2.18. The SMILES string of the molecule is OCc1cccn1COCC(F)(F)F. The van der Waals surface area contributed by atoms with Gasteiger partial charge >= 0.3 is 6.18 Å². The van der Waals surface area contributed by atoms with Crippen LogP contribution in [0.25, 0.3) is 0 Å². The Kier molecular flexibility index (Phi) is 3.54. The first-order valence-corrected chi connectivity index (χ1v) is 3.92. The summed E-state index contributed by atoms with van der Waals surface area (Å²) in [4.78, 5) is 0. The van der Waals surface area contributed by atoms with Crippen LogP contribution < -0.4 is 0 Å². The van der Waals surface area contributed by atoms with Gasteiger partial charge in [0.05, 0.1) is 6.61 Å². The summed E-state index contributed by atoms with van der Waals surface area (Å²) < 4.78 is 40.9. The first-order chi connectivity index (χ1) is 6.53. The number of hydrogen-bond acceptors (Lipinski definition) is 2. The number of halogens is 3. The molecule has 0 atom stereocenters. The second-order valence-corrected chi connectivity index (χ2v) is 2.72. The molecule has 0 aromatic carbocycles. The van der Waals surface area contributed by atoms with Crippen LogP contribution in [0.15, 0.2) is 18.3 Å². The van der Waals surface area contributed by atoms with Crippen molar-refractivity contribution in [2.24, 2.45) is 0 Å². The van der Waals surface area contributed by atoms with Crippen LogP contribution >= 0.6 is 0 Å². The Morgan fingerprint density at radius 3 is 2.71 bits per heavy atom. The van der Waals surface area contributed by atoms with Gasteiger partial charge in [0.15, 0.2) is 0 Å². The molecule has 1 N–H and O–H groups in total. The van der Waals surface area contributed by atoms with E-state index in [1.165, 1.54) is 4.57 Å². The molecule has 1 aromatic rings. The molecule has 14 heavy (non-hydrogen) atoms. The Morgan fingerprint density at radius 1 is 1.43 bits per heavy atom. The average molecular weight is 209 g/mol. The summed E-state index contributed by atoms with van der Waals surface area (Å²) in [5, 5.41) is 8.77. The molecule has 1 rings (SSSR count). The van der Waals surface area contributed by atoms with E-state index in [4.69, 9.17) is 5.11 Å². The van der Waals surface area contributed by atoms with Crippen LogP contribution in [0.5, 0.6) is 0 Å². The van der Waals surface area contributed by atoms with E-state index in [0.717, 1.165) is 0 Å². The van der Waals surface area contributed by atoms with Gasteiger partial charge in [-0.2, -0.15) is 13.2 Å². The molecule has 0 radical (unpaired) electrons. The fourth-order valence-corrected chi connectivity index (χ4v) is 0.979. The van der Waals surface area contributed by atoms with Crippen molar-refractivity contribution in [2.75, 3.05) is 6.61 Å². The highest BCUT2D eigenvalue weighted by atomic mass is 19.4. The average Bonchev–Trinajstić information content (AvgIpc) is 2.49. The number of ether oxygens (including phenoxy) is 1. The van der Waals surface area contributed by atoms with Gasteiger partial charge in [-0.15, -0.1) is 0 Å². The molecule has 0 aliphatic rings. The number of aliphatic hydroxyl groups is 1. The maximum atomic E-state index is 11.7. The largest absolute Gasteiger partial charge is 0.411 e. The maximum absolute atomic E-state index is 11.7. The van der Waals surface area contributed by atoms with E-state index in [2.05, 4.69) is 4.74 Å². The van der Waals surface area contributed by atoms with Crippen LogP contribution in [-0.2, 0) is 18.1 Å². The summed E-state index contributed by atoms with van der Waals surface area (Å²) in [6, 6.07) is 3.24. The standard InChI is InChI=1S/C8H10F3NO2/c9-8(10,11)5-14-6-12-3-1-2-7(12)4-13/h1-3,13H,4-6H2. The van der Waals surface area contributed by atoms with Crippen LogP contribution in [0, 0.1) is 0 Å². The molecule has 0 unspecified atom stereocenters. The third-order valence-corrected chi connectivity index (χ3v) is 1.58. The molecule has 0 saturated heterocycles. The van der Waals surface area contributed by atoms with Gasteiger partial charge in [0, 0.05) is 11.9 Å². The number of hydrogen-bond donors (Lipinski definition) is 1. The Bertz CT molecular complexity index is 282. The Hall–Kier alpha value is -1.01. The van der Waals surface area contributed by atoms with E-state index in [-0.39, 0.29) is 13.3 Å². The summed E-state index contributed by atoms with van der Waals surface area (Å²) in [6.07, 6.45) is -2.77. The normalized spacial score (nSPS) is 12.0. The second kappa shape index (κ2) is 4.47. The molecular formula is C8H10F3NO2. The van der Waals surface area contributed by atoms with Crippen molar-refractivity contribution in [3.05, 3.63) is 24.0 Å². The molecule has 0 aliphatic carbocycles. The highest BCUT2D eigenvalue weighted by Crippen LogP contribution is 2.15. The molecule has 0 bridgehead atoms. The molecule has 0 saturated carbocycles. The van der Waals surface area contributed by atoms with Crippen molar-refractivity contribution >= 4 is 0 Å². The van der Waals surface area contributed by atoms with Gasteiger partial charge in [-0.25, -0.2) is 0 Å². The van der Waals surface area contributed by atoms with Crippen molar-refractivity contribution < 1.29 is 23.0 Å². The van der Waals surface area contributed by atoms with E-state index in [1.54, 1.807) is 18.3 Å². The number of nitrogens with zero attached hydrogens (tertiary/aromatic N) is 1. The summed E-state index contributed by atoms with van der Waals surface area (Å²) in [5.74, 6) is 0. The minimum absolute atomic E-state index is 0.206. The Morgan fingerprint density at radius 2 is 2.14 bits per heavy atom. The van der Waals surface area contributed by atoms with Crippen LogP contribution in [-0.4, -0.2) is 22.5 Å². The van der Waals surface area contributed by atoms with Crippen molar-refractivity contribution in [2.45, 2.75) is 19.5 Å². The zero-order chi connectivity index (χ0) is 10.6. The van der Waals surface area contributed by atoms with E-state index < -0.39 is 12.8 Å². The van der Waals surface area contributed by atoms with E-state index in [9.17, 15) is 13.2 Å². The highest BCUT2D eigenvalue weighted by Gasteiger charge is 2.27. The van der Waals surface area contributed by atoms with Crippen molar-refractivity contribution in [3.8, 4) is 0 Å². The topological polar surface area (TPSA) is 34.4 Å². The molecule has 3 nitrogen and oxygen atoms in total. The van der Waals surface area contributed by atoms with E-state index in [0.29, 0.717) is 5.69 Å². The number of aliphatic hydroxyl groups excluding tert-OH is 1. The van der Waals surface area contributed by atoms with Gasteiger partial charge in [0.2, 0.25) is 0 Å². The van der Waals surface area contributed by atoms with Crippen LogP contribution in [0.1, 0.15) is 5.69 Å². The molecular weight excluding hydrogens is 199 g/mol.